The molecular formula is C8H7ClO2. The van der Waals surface area contributed by atoms with Gasteiger partial charge in [0.15, 0.2) is 0 Å². The summed E-state index contributed by atoms with van der Waals surface area (Å²) in [5, 5.41) is 0. The number of ether oxygens (including phenoxy) is 1. The molecule has 1 aromatic rings. The van der Waals surface area contributed by atoms with Crippen LogP contribution >= 0.6 is 11.6 Å². The molecule has 0 aliphatic carbocycles. The highest BCUT2D eigenvalue weighted by atomic mass is 35.5. The van der Waals surface area contributed by atoms with Gasteiger partial charge in [0, 0.05) is 11.6 Å². The fourth-order valence-electron chi connectivity index (χ4n) is 0.392. The maximum absolute atomic E-state index is 10.5. The third-order valence-electron chi connectivity index (χ3n) is 0.733. The van der Waals surface area contributed by atoms with E-state index in [2.05, 4.69) is 4.74 Å². The molecule has 0 unspecified atom stereocenters. The molecule has 0 amide bonds. The Hall–Kier alpha value is -1.02. The topological polar surface area (TPSA) is 26.3 Å². The summed E-state index contributed by atoms with van der Waals surface area (Å²) in [5.74, 6) is 0. The van der Waals surface area contributed by atoms with Crippen molar-refractivity contribution in [1.82, 2.24) is 0 Å². The van der Waals surface area contributed by atoms with E-state index in [1.54, 1.807) is 0 Å². The summed E-state index contributed by atoms with van der Waals surface area (Å²) in [7, 11) is 0. The van der Waals surface area contributed by atoms with Gasteiger partial charge in [0.1, 0.15) is 6.56 Å². The third-order valence-corrected chi connectivity index (χ3v) is 0.810. The van der Waals surface area contributed by atoms with Crippen molar-refractivity contribution in [3.63, 3.8) is 0 Å². The van der Waals surface area contributed by atoms with Gasteiger partial charge in [0.25, 0.3) is 0 Å². The molecule has 0 saturated carbocycles. The first kappa shape index (κ1) is 2.79. The van der Waals surface area contributed by atoms with E-state index in [1.165, 1.54) is 0 Å². The van der Waals surface area contributed by atoms with Crippen LogP contribution in [0.4, 0.5) is 4.79 Å². The Balaban J connectivity index is 3.55. The second kappa shape index (κ2) is 3.98. The summed E-state index contributed by atoms with van der Waals surface area (Å²) in [4.78, 5) is 10.5. The van der Waals surface area contributed by atoms with Crippen molar-refractivity contribution in [1.29, 1.82) is 0 Å². The summed E-state index contributed by atoms with van der Waals surface area (Å²) in [6.45, 7) is -2.91. The molecule has 0 fully saturated rings. The zero-order chi connectivity index (χ0) is 14.2. The summed E-state index contributed by atoms with van der Waals surface area (Å²) in [6.07, 6.45) is 0. The van der Waals surface area contributed by atoms with E-state index in [9.17, 15) is 4.79 Å². The van der Waals surface area contributed by atoms with Gasteiger partial charge >= 0.3 is 5.43 Å². The van der Waals surface area contributed by atoms with Crippen LogP contribution < -0.4 is 0 Å². The lowest BCUT2D eigenvalue weighted by atomic mass is 10.2. The summed E-state index contributed by atoms with van der Waals surface area (Å²) in [6, 6.07) is -3.68. The molecule has 0 saturated heterocycles. The molecule has 1 aromatic carbocycles. The number of carbonyl (C=O) groups excluding carboxylic acids is 1. The number of carbonyl (C=O) groups is 1. The molecule has 0 bridgehead atoms. The average molecular weight is 178 g/mol. The minimum Gasteiger partial charge on any atom is -0.449 e. The maximum Gasteiger partial charge on any atom is 0.404 e. The Labute approximate surface area is 79.6 Å². The highest BCUT2D eigenvalue weighted by molar-refractivity contribution is 6.61. The fraction of sp³-hybridized carbons (Fsp3) is 0.125. The van der Waals surface area contributed by atoms with Crippen LogP contribution in [0, 0.1) is 0 Å². The van der Waals surface area contributed by atoms with Crippen LogP contribution in [0.2, 0.25) is 0 Å². The Morgan fingerprint density at radius 3 is 2.82 bits per heavy atom. The lowest BCUT2D eigenvalue weighted by Crippen LogP contribution is -1.93. The molecule has 0 aromatic heterocycles. The molecule has 3 heteroatoms. The highest BCUT2D eigenvalue weighted by Gasteiger charge is 1.95. The second-order valence-corrected chi connectivity index (χ2v) is 1.75. The van der Waals surface area contributed by atoms with E-state index in [1.807, 2.05) is 0 Å². The largest absolute Gasteiger partial charge is 0.449 e. The lowest BCUT2D eigenvalue weighted by molar-refractivity contribution is 0.167. The molecule has 2 nitrogen and oxygen atoms in total. The number of hydrogen-bond acceptors (Lipinski definition) is 2. The molecule has 0 spiro atoms. The zero-order valence-corrected chi connectivity index (χ0v) is 5.95. The summed E-state index contributed by atoms with van der Waals surface area (Å²) in [5.41, 5.74) is -2.26. The van der Waals surface area contributed by atoms with Crippen LogP contribution in [0.5, 0.6) is 0 Å². The third kappa shape index (κ3) is 3.05. The van der Waals surface area contributed by atoms with Gasteiger partial charge in [0.05, 0.1) is 9.60 Å². The SMILES string of the molecule is [2H]c1c([2H])c([2H])c(C([2H])([2H])OC(=O)Cl)c([2H])c1[2H]. The van der Waals surface area contributed by atoms with E-state index in [-0.39, 0.29) is 0 Å². The van der Waals surface area contributed by atoms with Crippen LogP contribution in [-0.2, 0) is 11.3 Å². The van der Waals surface area contributed by atoms with Gasteiger partial charge in [-0.05, 0) is 5.56 Å². The number of hydrogen-bond donors (Lipinski definition) is 0. The smallest absolute Gasteiger partial charge is 0.404 e. The van der Waals surface area contributed by atoms with E-state index in [4.69, 9.17) is 21.2 Å². The monoisotopic (exact) mass is 177 g/mol. The Morgan fingerprint density at radius 2 is 2.27 bits per heavy atom. The molecule has 0 aliphatic heterocycles. The maximum atomic E-state index is 10.5. The van der Waals surface area contributed by atoms with Crippen molar-refractivity contribution in [3.8, 4) is 0 Å². The van der Waals surface area contributed by atoms with Gasteiger partial charge < -0.3 is 4.74 Å². The summed E-state index contributed by atoms with van der Waals surface area (Å²) >= 11 is 4.87. The lowest BCUT2D eigenvalue weighted by Gasteiger charge is -1.98. The first-order valence-corrected chi connectivity index (χ1v) is 2.93. The quantitative estimate of drug-likeness (QED) is 0.649. The average Bonchev–Trinajstić information content (AvgIpc) is 2.21. The minimum atomic E-state index is -2.91. The van der Waals surface area contributed by atoms with Crippen molar-refractivity contribution < 1.29 is 19.1 Å². The van der Waals surface area contributed by atoms with Crippen LogP contribution in [0.3, 0.4) is 0 Å². The zero-order valence-electron chi connectivity index (χ0n) is 12.2. The first-order chi connectivity index (χ1) is 8.09. The van der Waals surface area contributed by atoms with Gasteiger partial charge in [-0.1, -0.05) is 30.2 Å². The Kier molecular flexibility index (Phi) is 1.01. The van der Waals surface area contributed by atoms with Crippen LogP contribution in [-0.4, -0.2) is 5.43 Å². The van der Waals surface area contributed by atoms with Gasteiger partial charge in [-0.25, -0.2) is 4.79 Å². The Bertz CT molecular complexity index is 488. The van der Waals surface area contributed by atoms with Gasteiger partial charge in [0.2, 0.25) is 0 Å². The number of benzene rings is 1. The predicted molar refractivity (Wildman–Crippen MR) is 42.5 cm³/mol. The van der Waals surface area contributed by atoms with E-state index in [0.717, 1.165) is 0 Å². The molecule has 0 atom stereocenters. The van der Waals surface area contributed by atoms with Crippen LogP contribution in [0.15, 0.2) is 30.2 Å². The molecule has 58 valence electrons. The molecule has 11 heavy (non-hydrogen) atoms. The standard InChI is InChI=1S/C8H7ClO2/c9-8(10)11-6-7-4-2-1-3-5-7/h1-5H,6H2/i1D,2D,3D,4D,5D,6D2. The highest BCUT2D eigenvalue weighted by Crippen LogP contribution is 2.01. The van der Waals surface area contributed by atoms with Crippen molar-refractivity contribution in [3.05, 3.63) is 35.8 Å². The van der Waals surface area contributed by atoms with Gasteiger partial charge in [-0.2, -0.15) is 0 Å². The van der Waals surface area contributed by atoms with Crippen LogP contribution in [0.25, 0.3) is 0 Å². The van der Waals surface area contributed by atoms with Crippen molar-refractivity contribution >= 4 is 17.0 Å². The molecule has 0 N–H and O–H groups in total. The van der Waals surface area contributed by atoms with E-state index >= 15 is 0 Å². The predicted octanol–water partition coefficient (Wildman–Crippen LogP) is 2.56. The van der Waals surface area contributed by atoms with E-state index < -0.39 is 47.8 Å². The second-order valence-electron chi connectivity index (χ2n) is 1.44. The summed E-state index contributed by atoms with van der Waals surface area (Å²) < 4.78 is 56.0. The number of rotatable bonds is 2. The minimum absolute atomic E-state index is 0.665. The van der Waals surface area contributed by atoms with Gasteiger partial charge in [-0.3, -0.25) is 0 Å². The van der Waals surface area contributed by atoms with Crippen molar-refractivity contribution in [2.24, 2.45) is 0 Å². The first-order valence-electron chi connectivity index (χ1n) is 6.05. The molecule has 0 heterocycles. The molecular weight excluding hydrogens is 164 g/mol. The van der Waals surface area contributed by atoms with Gasteiger partial charge in [-0.15, -0.1) is 0 Å². The number of halogens is 1. The normalized spacial score (nSPS) is 19.5. The Morgan fingerprint density at radius 1 is 1.64 bits per heavy atom. The van der Waals surface area contributed by atoms with Crippen molar-refractivity contribution in [2.45, 2.75) is 6.56 Å². The molecule has 0 radical (unpaired) electrons. The molecule has 0 aliphatic rings. The fourth-order valence-corrected chi connectivity index (χ4v) is 0.431. The van der Waals surface area contributed by atoms with Crippen LogP contribution in [0.1, 0.15) is 15.2 Å². The van der Waals surface area contributed by atoms with E-state index in [0.29, 0.717) is 0 Å². The molecule has 1 rings (SSSR count). The van der Waals surface area contributed by atoms with Crippen molar-refractivity contribution in [2.75, 3.05) is 0 Å².